The Balaban J connectivity index is 1.91. The van der Waals surface area contributed by atoms with E-state index >= 15 is 0 Å². The van der Waals surface area contributed by atoms with Gasteiger partial charge in [0.1, 0.15) is 10.6 Å². The first-order chi connectivity index (χ1) is 10.1. The monoisotopic (exact) mass is 306 g/mol. The van der Waals surface area contributed by atoms with Crippen LogP contribution in [0, 0.1) is 5.92 Å². The van der Waals surface area contributed by atoms with Gasteiger partial charge in [-0.15, -0.1) is 11.3 Å². The average Bonchev–Trinajstić information content (AvgIpc) is 2.89. The molecule has 114 valence electrons. The molecule has 3 N–H and O–H groups in total. The van der Waals surface area contributed by atoms with Gasteiger partial charge in [0.15, 0.2) is 0 Å². The van der Waals surface area contributed by atoms with Crippen LogP contribution in [0.25, 0.3) is 10.2 Å². The van der Waals surface area contributed by atoms with E-state index in [1.807, 2.05) is 6.92 Å². The number of hydrogen-bond donors (Lipinski definition) is 2. The molecule has 0 aromatic carbocycles. The highest BCUT2D eigenvalue weighted by atomic mass is 32.1. The first-order valence-corrected chi connectivity index (χ1v) is 8.39. The van der Waals surface area contributed by atoms with Crippen molar-refractivity contribution in [3.8, 4) is 0 Å². The van der Waals surface area contributed by atoms with E-state index in [-0.39, 0.29) is 6.10 Å². The number of aromatic nitrogens is 2. The van der Waals surface area contributed by atoms with E-state index in [0.29, 0.717) is 11.9 Å². The van der Waals surface area contributed by atoms with Crippen molar-refractivity contribution in [3.63, 3.8) is 0 Å². The van der Waals surface area contributed by atoms with Crippen molar-refractivity contribution >= 4 is 33.3 Å². The second kappa shape index (κ2) is 5.77. The van der Waals surface area contributed by atoms with E-state index in [0.717, 1.165) is 48.4 Å². The lowest BCUT2D eigenvalue weighted by molar-refractivity contribution is 0.110. The van der Waals surface area contributed by atoms with E-state index < -0.39 is 0 Å². The van der Waals surface area contributed by atoms with Crippen LogP contribution in [0.5, 0.6) is 0 Å². The molecule has 0 amide bonds. The van der Waals surface area contributed by atoms with Gasteiger partial charge in [-0.25, -0.2) is 4.98 Å². The van der Waals surface area contributed by atoms with Gasteiger partial charge >= 0.3 is 0 Å². The molecule has 0 aliphatic carbocycles. The number of nitrogens with zero attached hydrogens (tertiary/aromatic N) is 3. The zero-order valence-electron chi connectivity index (χ0n) is 12.5. The van der Waals surface area contributed by atoms with Crippen molar-refractivity contribution in [2.24, 2.45) is 5.92 Å². The fraction of sp³-hybridized carbons (Fsp3) is 0.600. The molecule has 1 unspecified atom stereocenters. The quantitative estimate of drug-likeness (QED) is 0.911. The molecule has 1 atom stereocenters. The van der Waals surface area contributed by atoms with Gasteiger partial charge in [0.25, 0.3) is 0 Å². The predicted octanol–water partition coefficient (Wildman–Crippen LogP) is 2.43. The van der Waals surface area contributed by atoms with Gasteiger partial charge in [-0.05, 0) is 38.2 Å². The lowest BCUT2D eigenvalue weighted by Crippen LogP contribution is -2.37. The summed E-state index contributed by atoms with van der Waals surface area (Å²) in [5.74, 6) is 1.70. The number of piperidine rings is 1. The molecule has 0 bridgehead atoms. The van der Waals surface area contributed by atoms with Gasteiger partial charge in [-0.1, -0.05) is 6.92 Å². The first-order valence-electron chi connectivity index (χ1n) is 7.57. The van der Waals surface area contributed by atoms with Crippen molar-refractivity contribution in [1.29, 1.82) is 0 Å². The first kappa shape index (κ1) is 14.5. The van der Waals surface area contributed by atoms with Crippen molar-refractivity contribution in [2.45, 2.75) is 39.2 Å². The molecule has 1 saturated heterocycles. The molecule has 1 aliphatic heterocycles. The Kier molecular flexibility index (Phi) is 3.99. The molecule has 1 aliphatic rings. The Hall–Kier alpha value is -1.40. The lowest BCUT2D eigenvalue weighted by atomic mass is 9.92. The summed E-state index contributed by atoms with van der Waals surface area (Å²) in [4.78, 5) is 13.4. The molecule has 1 fully saturated rings. The SMILES string of the molecule is CCc1cc2c(N3CCC(C(C)O)CC3)nc(N)nc2s1. The second-order valence-corrected chi connectivity index (χ2v) is 6.87. The van der Waals surface area contributed by atoms with Crippen LogP contribution in [0.2, 0.25) is 0 Å². The number of nitrogens with two attached hydrogens (primary N) is 1. The zero-order valence-corrected chi connectivity index (χ0v) is 13.4. The molecular formula is C15H22N4OS. The van der Waals surface area contributed by atoms with E-state index in [1.54, 1.807) is 11.3 Å². The van der Waals surface area contributed by atoms with Gasteiger partial charge < -0.3 is 15.7 Å². The fourth-order valence-corrected chi connectivity index (χ4v) is 3.95. The van der Waals surface area contributed by atoms with Gasteiger partial charge in [0.2, 0.25) is 5.95 Å². The third kappa shape index (κ3) is 2.82. The topological polar surface area (TPSA) is 75.3 Å². The molecule has 2 aromatic heterocycles. The highest BCUT2D eigenvalue weighted by Gasteiger charge is 2.25. The van der Waals surface area contributed by atoms with E-state index in [1.165, 1.54) is 4.88 Å². The summed E-state index contributed by atoms with van der Waals surface area (Å²) in [5, 5.41) is 10.8. The third-order valence-electron chi connectivity index (χ3n) is 4.31. The van der Waals surface area contributed by atoms with Crippen LogP contribution in [0.4, 0.5) is 11.8 Å². The maximum atomic E-state index is 9.72. The second-order valence-electron chi connectivity index (χ2n) is 5.76. The zero-order chi connectivity index (χ0) is 15.0. The molecule has 0 saturated carbocycles. The number of fused-ring (bicyclic) bond motifs is 1. The van der Waals surface area contributed by atoms with Crippen molar-refractivity contribution < 1.29 is 5.11 Å². The number of aliphatic hydroxyl groups is 1. The summed E-state index contributed by atoms with van der Waals surface area (Å²) in [6.45, 7) is 5.86. The maximum absolute atomic E-state index is 9.72. The molecule has 2 aromatic rings. The molecule has 0 spiro atoms. The highest BCUT2D eigenvalue weighted by Crippen LogP contribution is 2.34. The average molecular weight is 306 g/mol. The number of thiophene rings is 1. The Morgan fingerprint density at radius 1 is 1.43 bits per heavy atom. The smallest absolute Gasteiger partial charge is 0.223 e. The number of aliphatic hydroxyl groups excluding tert-OH is 1. The molecule has 6 heteroatoms. The number of anilines is 2. The van der Waals surface area contributed by atoms with Crippen molar-refractivity contribution in [2.75, 3.05) is 23.7 Å². The van der Waals surface area contributed by atoms with Gasteiger partial charge in [-0.2, -0.15) is 4.98 Å². The Labute approximate surface area is 128 Å². The maximum Gasteiger partial charge on any atom is 0.223 e. The van der Waals surface area contributed by atoms with Crippen molar-refractivity contribution in [1.82, 2.24) is 9.97 Å². The van der Waals surface area contributed by atoms with E-state index in [9.17, 15) is 5.11 Å². The van der Waals surface area contributed by atoms with Crippen LogP contribution in [-0.2, 0) is 6.42 Å². The minimum absolute atomic E-state index is 0.226. The highest BCUT2D eigenvalue weighted by molar-refractivity contribution is 7.18. The number of nitrogen functional groups attached to an aromatic ring is 1. The largest absolute Gasteiger partial charge is 0.393 e. The molecule has 3 heterocycles. The lowest BCUT2D eigenvalue weighted by Gasteiger charge is -2.34. The van der Waals surface area contributed by atoms with Gasteiger partial charge in [0, 0.05) is 18.0 Å². The minimum atomic E-state index is -0.226. The van der Waals surface area contributed by atoms with Crippen LogP contribution in [-0.4, -0.2) is 34.3 Å². The normalized spacial score (nSPS) is 18.3. The number of hydrogen-bond acceptors (Lipinski definition) is 6. The molecule has 21 heavy (non-hydrogen) atoms. The van der Waals surface area contributed by atoms with E-state index in [2.05, 4.69) is 27.9 Å². The van der Waals surface area contributed by atoms with Crippen molar-refractivity contribution in [3.05, 3.63) is 10.9 Å². The molecular weight excluding hydrogens is 284 g/mol. The van der Waals surface area contributed by atoms with Crippen LogP contribution in [0.15, 0.2) is 6.07 Å². The predicted molar refractivity (Wildman–Crippen MR) is 87.8 cm³/mol. The summed E-state index contributed by atoms with van der Waals surface area (Å²) in [6, 6.07) is 2.19. The van der Waals surface area contributed by atoms with Gasteiger partial charge in [-0.3, -0.25) is 0 Å². The summed E-state index contributed by atoms with van der Waals surface area (Å²) in [5.41, 5.74) is 5.88. The Morgan fingerprint density at radius 2 is 2.14 bits per heavy atom. The van der Waals surface area contributed by atoms with Gasteiger partial charge in [0.05, 0.1) is 11.5 Å². The molecule has 0 radical (unpaired) electrons. The Bertz CT molecular complexity index is 632. The van der Waals surface area contributed by atoms with Crippen LogP contribution in [0.3, 0.4) is 0 Å². The fourth-order valence-electron chi connectivity index (χ4n) is 2.98. The summed E-state index contributed by atoms with van der Waals surface area (Å²) in [6.07, 6.45) is 2.77. The summed E-state index contributed by atoms with van der Waals surface area (Å²) < 4.78 is 0. The third-order valence-corrected chi connectivity index (χ3v) is 5.48. The van der Waals surface area contributed by atoms with Crippen LogP contribution < -0.4 is 10.6 Å². The minimum Gasteiger partial charge on any atom is -0.393 e. The summed E-state index contributed by atoms with van der Waals surface area (Å²) in [7, 11) is 0. The Morgan fingerprint density at radius 3 is 2.76 bits per heavy atom. The number of aryl methyl sites for hydroxylation is 1. The molecule has 3 rings (SSSR count). The number of rotatable bonds is 3. The standard InChI is InChI=1S/C15H22N4OS/c1-3-11-8-12-13(17-15(16)18-14(12)21-11)19-6-4-10(5-7-19)9(2)20/h8-10,20H,3-7H2,1-2H3,(H2,16,17,18). The summed E-state index contributed by atoms with van der Waals surface area (Å²) >= 11 is 1.70. The van der Waals surface area contributed by atoms with E-state index in [4.69, 9.17) is 5.73 Å². The van der Waals surface area contributed by atoms with Crippen LogP contribution >= 0.6 is 11.3 Å². The van der Waals surface area contributed by atoms with Crippen LogP contribution in [0.1, 0.15) is 31.6 Å². The molecule has 5 nitrogen and oxygen atoms in total.